The third kappa shape index (κ3) is 3.95. The Morgan fingerprint density at radius 1 is 1.27 bits per heavy atom. The van der Waals surface area contributed by atoms with E-state index in [4.69, 9.17) is 16.3 Å². The van der Waals surface area contributed by atoms with E-state index in [2.05, 4.69) is 10.3 Å². The van der Waals surface area contributed by atoms with Gasteiger partial charge in [0.05, 0.1) is 10.7 Å². The molecule has 1 amide bonds. The van der Waals surface area contributed by atoms with Gasteiger partial charge in [0, 0.05) is 11.8 Å². The number of carbonyl (C=O) groups is 3. The Kier molecular flexibility index (Phi) is 4.95. The maximum atomic E-state index is 11.7. The second-order valence-electron chi connectivity index (χ2n) is 4.46. The smallest absolute Gasteiger partial charge is 0.355 e. The normalized spacial score (nSPS) is 10.1. The summed E-state index contributed by atoms with van der Waals surface area (Å²) in [5.74, 6) is -1.41. The molecule has 1 heterocycles. The molecular formula is C15H13ClN2O4. The minimum Gasteiger partial charge on any atom is -0.451 e. The van der Waals surface area contributed by atoms with Crippen LogP contribution in [0.25, 0.3) is 0 Å². The molecule has 2 aromatic rings. The lowest BCUT2D eigenvalue weighted by Gasteiger charge is -2.07. The number of anilines is 1. The molecule has 22 heavy (non-hydrogen) atoms. The summed E-state index contributed by atoms with van der Waals surface area (Å²) in [6.07, 6.45) is 1.41. The summed E-state index contributed by atoms with van der Waals surface area (Å²) >= 11 is 5.90. The Labute approximate surface area is 131 Å². The summed E-state index contributed by atoms with van der Waals surface area (Å²) in [7, 11) is 0. The van der Waals surface area contributed by atoms with Crippen molar-refractivity contribution in [1.82, 2.24) is 4.98 Å². The molecule has 7 heteroatoms. The van der Waals surface area contributed by atoms with Crippen molar-refractivity contribution in [3.63, 3.8) is 0 Å². The van der Waals surface area contributed by atoms with Gasteiger partial charge in [0.25, 0.3) is 5.91 Å². The van der Waals surface area contributed by atoms with E-state index in [9.17, 15) is 14.4 Å². The van der Waals surface area contributed by atoms with Gasteiger partial charge in [-0.3, -0.25) is 9.59 Å². The van der Waals surface area contributed by atoms with E-state index in [1.807, 2.05) is 0 Å². The van der Waals surface area contributed by atoms with Gasteiger partial charge in [-0.1, -0.05) is 23.7 Å². The molecule has 6 nitrogen and oxygen atoms in total. The van der Waals surface area contributed by atoms with Crippen LogP contribution < -0.4 is 5.32 Å². The quantitative estimate of drug-likeness (QED) is 0.655. The van der Waals surface area contributed by atoms with Crippen LogP contribution in [0.15, 0.2) is 36.5 Å². The molecule has 0 radical (unpaired) electrons. The predicted octanol–water partition coefficient (Wildman–Crippen LogP) is 2.67. The molecule has 0 saturated heterocycles. The van der Waals surface area contributed by atoms with E-state index in [0.29, 0.717) is 16.3 Å². The van der Waals surface area contributed by atoms with Crippen molar-refractivity contribution in [2.24, 2.45) is 0 Å². The monoisotopic (exact) mass is 320 g/mol. The van der Waals surface area contributed by atoms with Crippen LogP contribution in [-0.4, -0.2) is 29.3 Å². The molecule has 0 spiro atoms. The van der Waals surface area contributed by atoms with Gasteiger partial charge in [-0.2, -0.15) is 0 Å². The lowest BCUT2D eigenvalue weighted by atomic mass is 10.2. The zero-order chi connectivity index (χ0) is 16.1. The number of Topliss-reactive ketones (excluding diaryl/α,β-unsaturated/α-hetero) is 1. The highest BCUT2D eigenvalue weighted by Gasteiger charge is 2.14. The number of H-pyrrole nitrogens is 1. The molecule has 0 aliphatic carbocycles. The minimum atomic E-state index is -0.721. The highest BCUT2D eigenvalue weighted by molar-refractivity contribution is 6.33. The largest absolute Gasteiger partial charge is 0.451 e. The molecule has 0 fully saturated rings. The highest BCUT2D eigenvalue weighted by atomic mass is 35.5. The molecule has 2 rings (SSSR count). The lowest BCUT2D eigenvalue weighted by molar-refractivity contribution is -0.119. The van der Waals surface area contributed by atoms with Crippen molar-refractivity contribution in [3.8, 4) is 0 Å². The summed E-state index contributed by atoms with van der Waals surface area (Å²) in [6, 6.07) is 8.08. The zero-order valence-electron chi connectivity index (χ0n) is 11.7. The Morgan fingerprint density at radius 3 is 2.64 bits per heavy atom. The number of aromatic amines is 1. The van der Waals surface area contributed by atoms with Crippen LogP contribution in [0, 0.1) is 0 Å². The number of ketones is 1. The summed E-state index contributed by atoms with van der Waals surface area (Å²) in [5.41, 5.74) is 0.909. The lowest BCUT2D eigenvalue weighted by Crippen LogP contribution is -2.21. The van der Waals surface area contributed by atoms with Crippen molar-refractivity contribution < 1.29 is 19.1 Å². The maximum Gasteiger partial charge on any atom is 0.355 e. The van der Waals surface area contributed by atoms with E-state index in [1.54, 1.807) is 24.3 Å². The van der Waals surface area contributed by atoms with Crippen molar-refractivity contribution in [2.45, 2.75) is 6.92 Å². The molecule has 0 unspecified atom stereocenters. The first-order valence-corrected chi connectivity index (χ1v) is 6.76. The Bertz CT molecular complexity index is 724. The number of carbonyl (C=O) groups excluding carboxylic acids is 3. The average Bonchev–Trinajstić information content (AvgIpc) is 2.97. The number of benzene rings is 1. The van der Waals surface area contributed by atoms with Crippen LogP contribution in [0.1, 0.15) is 27.8 Å². The number of para-hydroxylation sites is 1. The summed E-state index contributed by atoms with van der Waals surface area (Å²) in [5, 5.41) is 2.91. The molecule has 0 saturated carbocycles. The van der Waals surface area contributed by atoms with Crippen LogP contribution in [0.3, 0.4) is 0 Å². The van der Waals surface area contributed by atoms with Gasteiger partial charge in [0.2, 0.25) is 0 Å². The van der Waals surface area contributed by atoms with Crippen LogP contribution in [0.5, 0.6) is 0 Å². The third-order valence-electron chi connectivity index (χ3n) is 2.79. The Balaban J connectivity index is 1.89. The number of halogens is 1. The topological polar surface area (TPSA) is 88.3 Å². The van der Waals surface area contributed by atoms with Crippen molar-refractivity contribution in [2.75, 3.05) is 11.9 Å². The molecular weight excluding hydrogens is 308 g/mol. The van der Waals surface area contributed by atoms with Gasteiger partial charge >= 0.3 is 5.97 Å². The fraction of sp³-hybridized carbons (Fsp3) is 0.133. The van der Waals surface area contributed by atoms with Crippen molar-refractivity contribution in [1.29, 1.82) is 0 Å². The molecule has 0 bridgehead atoms. The van der Waals surface area contributed by atoms with Crippen LogP contribution in [0.4, 0.5) is 5.69 Å². The molecule has 0 atom stereocenters. The fourth-order valence-corrected chi connectivity index (χ4v) is 1.86. The number of aromatic nitrogens is 1. The first-order valence-electron chi connectivity index (χ1n) is 6.38. The Hall–Kier alpha value is -2.60. The predicted molar refractivity (Wildman–Crippen MR) is 81.2 cm³/mol. The fourth-order valence-electron chi connectivity index (χ4n) is 1.67. The standard InChI is InChI=1S/C15H13ClN2O4/c1-9(19)10-6-13(17-7-10)15(21)22-8-14(20)18-12-5-3-2-4-11(12)16/h2-7,17H,8H2,1H3,(H,18,20). The number of hydrogen-bond acceptors (Lipinski definition) is 4. The summed E-state index contributed by atoms with van der Waals surface area (Å²) < 4.78 is 4.86. The van der Waals surface area contributed by atoms with Gasteiger partial charge < -0.3 is 15.0 Å². The van der Waals surface area contributed by atoms with Gasteiger partial charge in [0.15, 0.2) is 12.4 Å². The molecule has 1 aromatic heterocycles. The molecule has 1 aromatic carbocycles. The number of esters is 1. The van der Waals surface area contributed by atoms with E-state index < -0.39 is 18.5 Å². The second-order valence-corrected chi connectivity index (χ2v) is 4.87. The molecule has 114 valence electrons. The maximum absolute atomic E-state index is 11.7. The second kappa shape index (κ2) is 6.91. The summed E-state index contributed by atoms with van der Waals surface area (Å²) in [4.78, 5) is 37.2. The van der Waals surface area contributed by atoms with Gasteiger partial charge in [-0.25, -0.2) is 4.79 Å². The SMILES string of the molecule is CC(=O)c1c[nH]c(C(=O)OCC(=O)Nc2ccccc2Cl)c1. The van der Waals surface area contributed by atoms with Gasteiger partial charge in [0.1, 0.15) is 5.69 Å². The van der Waals surface area contributed by atoms with Gasteiger partial charge in [-0.15, -0.1) is 0 Å². The van der Waals surface area contributed by atoms with Crippen molar-refractivity contribution in [3.05, 3.63) is 52.8 Å². The number of amides is 1. The third-order valence-corrected chi connectivity index (χ3v) is 3.12. The van der Waals surface area contributed by atoms with Gasteiger partial charge in [-0.05, 0) is 25.1 Å². The summed E-state index contributed by atoms with van der Waals surface area (Å²) in [6.45, 7) is 0.924. The van der Waals surface area contributed by atoms with Crippen molar-refractivity contribution >= 4 is 34.9 Å². The number of nitrogens with one attached hydrogen (secondary N) is 2. The Morgan fingerprint density at radius 2 is 2.00 bits per heavy atom. The zero-order valence-corrected chi connectivity index (χ0v) is 12.4. The van der Waals surface area contributed by atoms with E-state index in [0.717, 1.165) is 0 Å². The van der Waals surface area contributed by atoms with E-state index in [1.165, 1.54) is 19.2 Å². The molecule has 2 N–H and O–H groups in total. The van der Waals surface area contributed by atoms with E-state index >= 15 is 0 Å². The van der Waals surface area contributed by atoms with Crippen LogP contribution in [-0.2, 0) is 9.53 Å². The highest BCUT2D eigenvalue weighted by Crippen LogP contribution is 2.20. The first-order chi connectivity index (χ1) is 10.5. The number of ether oxygens (including phenoxy) is 1. The number of rotatable bonds is 5. The first kappa shape index (κ1) is 15.8. The van der Waals surface area contributed by atoms with Crippen LogP contribution in [0.2, 0.25) is 5.02 Å². The molecule has 0 aliphatic heterocycles. The van der Waals surface area contributed by atoms with E-state index in [-0.39, 0.29) is 11.5 Å². The minimum absolute atomic E-state index is 0.107. The van der Waals surface area contributed by atoms with Crippen LogP contribution >= 0.6 is 11.6 Å². The average molecular weight is 321 g/mol. The number of hydrogen-bond donors (Lipinski definition) is 2. The molecule has 0 aliphatic rings.